The summed E-state index contributed by atoms with van der Waals surface area (Å²) < 4.78 is 18.6. The van der Waals surface area contributed by atoms with Crippen LogP contribution in [-0.4, -0.2) is 43.1 Å². The second kappa shape index (κ2) is 4.13. The van der Waals surface area contributed by atoms with Gasteiger partial charge >= 0.3 is 5.76 Å². The average Bonchev–Trinajstić information content (AvgIpc) is 2.69. The summed E-state index contributed by atoms with van der Waals surface area (Å²) in [4.78, 5) is 18.0. The molecule has 2 heterocycles. The maximum absolute atomic E-state index is 13.5. The Morgan fingerprint density at radius 2 is 2.00 bits per heavy atom. The van der Waals surface area contributed by atoms with Crippen molar-refractivity contribution in [3.05, 3.63) is 28.5 Å². The predicted octanol–water partition coefficient (Wildman–Crippen LogP) is 1.01. The first-order chi connectivity index (χ1) is 8.63. The predicted molar refractivity (Wildman–Crippen MR) is 66.5 cm³/mol. The molecule has 0 radical (unpaired) electrons. The van der Waals surface area contributed by atoms with Gasteiger partial charge in [-0.1, -0.05) is 0 Å². The summed E-state index contributed by atoms with van der Waals surface area (Å²) in [6.45, 7) is 3.41. The summed E-state index contributed by atoms with van der Waals surface area (Å²) in [5, 5.41) is 0. The highest BCUT2D eigenvalue weighted by atomic mass is 19.1. The first-order valence-electron chi connectivity index (χ1n) is 5.89. The zero-order chi connectivity index (χ0) is 12.7. The summed E-state index contributed by atoms with van der Waals surface area (Å²) in [5.74, 6) is -0.917. The lowest BCUT2D eigenvalue weighted by Gasteiger charge is -2.33. The number of H-pyrrole nitrogens is 1. The Kier molecular flexibility index (Phi) is 2.59. The van der Waals surface area contributed by atoms with E-state index in [-0.39, 0.29) is 5.82 Å². The molecule has 0 atom stereocenters. The second-order valence-electron chi connectivity index (χ2n) is 4.61. The largest absolute Gasteiger partial charge is 0.417 e. The van der Waals surface area contributed by atoms with Gasteiger partial charge in [0.05, 0.1) is 11.2 Å². The lowest BCUT2D eigenvalue weighted by molar-refractivity contribution is 0.312. The molecule has 0 unspecified atom stereocenters. The van der Waals surface area contributed by atoms with Crippen LogP contribution in [0.15, 0.2) is 21.3 Å². The fourth-order valence-electron chi connectivity index (χ4n) is 2.29. The molecule has 0 saturated carbocycles. The molecular formula is C12H14FN3O2. The average molecular weight is 251 g/mol. The minimum atomic E-state index is -0.550. The van der Waals surface area contributed by atoms with Gasteiger partial charge < -0.3 is 14.2 Å². The SMILES string of the molecule is CN1CCN(c2cc(F)cc3[nH]c(=O)oc23)CC1. The van der Waals surface area contributed by atoms with E-state index in [9.17, 15) is 9.18 Å². The molecule has 0 spiro atoms. The summed E-state index contributed by atoms with van der Waals surface area (Å²) in [5.41, 5.74) is 1.50. The third kappa shape index (κ3) is 1.88. The maximum atomic E-state index is 13.5. The first kappa shape index (κ1) is 11.3. The molecule has 1 saturated heterocycles. The Balaban J connectivity index is 2.07. The van der Waals surface area contributed by atoms with E-state index >= 15 is 0 Å². The van der Waals surface area contributed by atoms with Gasteiger partial charge in [-0.05, 0) is 7.05 Å². The van der Waals surface area contributed by atoms with Crippen LogP contribution in [0.3, 0.4) is 0 Å². The molecule has 0 aliphatic carbocycles. The van der Waals surface area contributed by atoms with E-state index in [1.54, 1.807) is 0 Å². The van der Waals surface area contributed by atoms with E-state index in [1.165, 1.54) is 12.1 Å². The van der Waals surface area contributed by atoms with Gasteiger partial charge in [0, 0.05) is 38.3 Å². The highest BCUT2D eigenvalue weighted by molar-refractivity contribution is 5.86. The number of nitrogens with zero attached hydrogens (tertiary/aromatic N) is 2. The number of hydrogen-bond acceptors (Lipinski definition) is 4. The van der Waals surface area contributed by atoms with Crippen LogP contribution in [0.1, 0.15) is 0 Å². The first-order valence-corrected chi connectivity index (χ1v) is 5.89. The van der Waals surface area contributed by atoms with E-state index in [0.29, 0.717) is 16.8 Å². The standard InChI is InChI=1S/C12H14FN3O2/c1-15-2-4-16(5-3-15)10-7-8(13)6-9-11(10)18-12(17)14-9/h6-7H,2-5H2,1H3,(H,14,17). The van der Waals surface area contributed by atoms with Gasteiger partial charge in [-0.15, -0.1) is 0 Å². The van der Waals surface area contributed by atoms with Crippen molar-refractivity contribution in [3.8, 4) is 0 Å². The van der Waals surface area contributed by atoms with Gasteiger partial charge in [-0.25, -0.2) is 9.18 Å². The van der Waals surface area contributed by atoms with Crippen LogP contribution in [0, 0.1) is 5.82 Å². The van der Waals surface area contributed by atoms with Gasteiger partial charge in [0.2, 0.25) is 0 Å². The Morgan fingerprint density at radius 3 is 2.72 bits per heavy atom. The molecule has 1 aliphatic heterocycles. The van der Waals surface area contributed by atoms with Crippen molar-refractivity contribution in [2.45, 2.75) is 0 Å². The zero-order valence-electron chi connectivity index (χ0n) is 10.1. The molecule has 0 bridgehead atoms. The van der Waals surface area contributed by atoms with Crippen LogP contribution < -0.4 is 10.7 Å². The summed E-state index contributed by atoms with van der Waals surface area (Å²) >= 11 is 0. The minimum absolute atomic E-state index is 0.367. The van der Waals surface area contributed by atoms with Crippen LogP contribution in [0.2, 0.25) is 0 Å². The molecule has 2 aromatic rings. The van der Waals surface area contributed by atoms with Crippen molar-refractivity contribution in [1.82, 2.24) is 9.88 Å². The summed E-state index contributed by atoms with van der Waals surface area (Å²) in [7, 11) is 2.05. The Hall–Kier alpha value is -1.82. The highest BCUT2D eigenvalue weighted by Gasteiger charge is 2.19. The monoisotopic (exact) mass is 251 g/mol. The number of benzene rings is 1. The van der Waals surface area contributed by atoms with Crippen molar-refractivity contribution in [2.24, 2.45) is 0 Å². The molecule has 1 aliphatic rings. The minimum Gasteiger partial charge on any atom is -0.406 e. The van der Waals surface area contributed by atoms with Crippen LogP contribution in [0.4, 0.5) is 10.1 Å². The molecule has 1 N–H and O–H groups in total. The number of aromatic nitrogens is 1. The van der Waals surface area contributed by atoms with Crippen molar-refractivity contribution in [2.75, 3.05) is 38.1 Å². The lowest BCUT2D eigenvalue weighted by atomic mass is 10.2. The molecule has 1 fully saturated rings. The lowest BCUT2D eigenvalue weighted by Crippen LogP contribution is -2.44. The van der Waals surface area contributed by atoms with E-state index in [2.05, 4.69) is 16.9 Å². The zero-order valence-corrected chi connectivity index (χ0v) is 10.1. The Labute approximate surface area is 103 Å². The molecule has 3 rings (SSSR count). The van der Waals surface area contributed by atoms with Crippen LogP contribution >= 0.6 is 0 Å². The number of piperazine rings is 1. The number of hydrogen-bond donors (Lipinski definition) is 1. The highest BCUT2D eigenvalue weighted by Crippen LogP contribution is 2.27. The molecule has 5 nitrogen and oxygen atoms in total. The third-order valence-electron chi connectivity index (χ3n) is 3.31. The van der Waals surface area contributed by atoms with Gasteiger partial charge in [0.1, 0.15) is 5.82 Å². The van der Waals surface area contributed by atoms with Crippen molar-refractivity contribution in [1.29, 1.82) is 0 Å². The number of nitrogens with one attached hydrogen (secondary N) is 1. The summed E-state index contributed by atoms with van der Waals surface area (Å²) in [6, 6.07) is 2.70. The fourth-order valence-corrected chi connectivity index (χ4v) is 2.29. The number of fused-ring (bicyclic) bond motifs is 1. The number of anilines is 1. The Morgan fingerprint density at radius 1 is 1.28 bits per heavy atom. The van der Waals surface area contributed by atoms with E-state index in [0.717, 1.165) is 26.2 Å². The molecular weight excluding hydrogens is 237 g/mol. The maximum Gasteiger partial charge on any atom is 0.417 e. The second-order valence-corrected chi connectivity index (χ2v) is 4.61. The van der Waals surface area contributed by atoms with Gasteiger partial charge in [-0.3, -0.25) is 4.98 Å². The fraction of sp³-hybridized carbons (Fsp3) is 0.417. The van der Waals surface area contributed by atoms with E-state index < -0.39 is 5.76 Å². The van der Waals surface area contributed by atoms with Crippen molar-refractivity contribution in [3.63, 3.8) is 0 Å². The van der Waals surface area contributed by atoms with Crippen LogP contribution in [0.25, 0.3) is 11.1 Å². The number of oxazole rings is 1. The van der Waals surface area contributed by atoms with E-state index in [1.807, 2.05) is 4.90 Å². The smallest absolute Gasteiger partial charge is 0.406 e. The number of aromatic amines is 1. The van der Waals surface area contributed by atoms with Gasteiger partial charge in [0.15, 0.2) is 5.58 Å². The molecule has 96 valence electrons. The van der Waals surface area contributed by atoms with Crippen LogP contribution in [-0.2, 0) is 0 Å². The Bertz CT molecular complexity index is 626. The topological polar surface area (TPSA) is 52.5 Å². The molecule has 6 heteroatoms. The molecule has 18 heavy (non-hydrogen) atoms. The van der Waals surface area contributed by atoms with Gasteiger partial charge in [-0.2, -0.15) is 0 Å². The van der Waals surface area contributed by atoms with Crippen molar-refractivity contribution >= 4 is 16.8 Å². The number of likely N-dealkylation sites (N-methyl/N-ethyl adjacent to an activating group) is 1. The van der Waals surface area contributed by atoms with E-state index in [4.69, 9.17) is 4.42 Å². The number of halogens is 1. The number of rotatable bonds is 1. The third-order valence-corrected chi connectivity index (χ3v) is 3.31. The van der Waals surface area contributed by atoms with Gasteiger partial charge in [0.25, 0.3) is 0 Å². The molecule has 1 aromatic carbocycles. The molecule has 0 amide bonds. The normalized spacial score (nSPS) is 17.6. The van der Waals surface area contributed by atoms with Crippen molar-refractivity contribution < 1.29 is 8.81 Å². The summed E-state index contributed by atoms with van der Waals surface area (Å²) in [6.07, 6.45) is 0. The quantitative estimate of drug-likeness (QED) is 0.822. The molecule has 1 aromatic heterocycles. The van der Waals surface area contributed by atoms with Crippen LogP contribution in [0.5, 0.6) is 0 Å².